The van der Waals surface area contributed by atoms with Gasteiger partial charge in [-0.25, -0.2) is 13.2 Å². The number of halogens is 6. The van der Waals surface area contributed by atoms with Crippen LogP contribution >= 0.6 is 0 Å². The molecule has 50 heavy (non-hydrogen) atoms. The van der Waals surface area contributed by atoms with Crippen molar-refractivity contribution in [1.82, 2.24) is 14.4 Å². The van der Waals surface area contributed by atoms with E-state index in [0.717, 1.165) is 42.4 Å². The second-order valence-corrected chi connectivity index (χ2v) is 12.2. The van der Waals surface area contributed by atoms with E-state index in [9.17, 15) is 36.2 Å². The van der Waals surface area contributed by atoms with E-state index in [-0.39, 0.29) is 30.4 Å². The fraction of sp³-hybridized carbons (Fsp3) is 0.308. The number of aromatic nitrogens is 1. The number of alkyl halides is 3. The zero-order valence-electron chi connectivity index (χ0n) is 27.9. The topological polar surface area (TPSA) is 48.7 Å². The first kappa shape index (κ1) is 36.8. The summed E-state index contributed by atoms with van der Waals surface area (Å²) in [5.74, 6) is -4.10. The number of benzene rings is 4. The normalized spacial score (nSPS) is 12.7. The Morgan fingerprint density at radius 2 is 1.42 bits per heavy atom. The van der Waals surface area contributed by atoms with E-state index in [1.54, 1.807) is 24.3 Å². The number of rotatable bonds is 14. The Balaban J connectivity index is 1.42. The lowest BCUT2D eigenvalue weighted by Gasteiger charge is -2.32. The first-order valence-electron chi connectivity index (χ1n) is 16.5. The summed E-state index contributed by atoms with van der Waals surface area (Å²) < 4.78 is 83.0. The van der Waals surface area contributed by atoms with Gasteiger partial charge < -0.3 is 14.6 Å². The Hall–Kier alpha value is -4.45. The van der Waals surface area contributed by atoms with E-state index in [2.05, 4.69) is 18.7 Å². The molecule has 0 aliphatic rings. The molecule has 0 amide bonds. The number of nitrogens with zero attached hydrogens (tertiary/aromatic N) is 3. The molecule has 1 N–H and O–H groups in total. The van der Waals surface area contributed by atoms with Crippen LogP contribution in [0.25, 0.3) is 22.0 Å². The van der Waals surface area contributed by atoms with Gasteiger partial charge in [0.05, 0.1) is 17.6 Å². The van der Waals surface area contributed by atoms with Crippen molar-refractivity contribution in [3.8, 4) is 11.1 Å². The van der Waals surface area contributed by atoms with Gasteiger partial charge in [-0.15, -0.1) is 0 Å². The highest BCUT2D eigenvalue weighted by Crippen LogP contribution is 2.31. The Morgan fingerprint density at radius 1 is 0.780 bits per heavy atom. The Morgan fingerprint density at radius 3 is 2.06 bits per heavy atom. The first-order chi connectivity index (χ1) is 23.9. The number of aryl methyl sites for hydroxylation is 2. The first-order valence-corrected chi connectivity index (χ1v) is 16.5. The number of likely N-dealkylation sites (N-methyl/N-ethyl adjacent to an activating group) is 1. The smallest absolute Gasteiger partial charge is 0.376 e. The van der Waals surface area contributed by atoms with Gasteiger partial charge in [0.15, 0.2) is 22.9 Å². The molecule has 0 radical (unpaired) electrons. The molecule has 5 rings (SSSR count). The SMILES string of the molecule is CCN(CC)CCN(Cc1ccc(-c2ccc(C(F)(F)F)cc2)cc1)C(O)Cn1c(CCc2ccc(F)c(F)c2F)cc(=O)c2ccccc21. The molecule has 0 saturated heterocycles. The second kappa shape index (κ2) is 16.1. The van der Waals surface area contributed by atoms with Crippen molar-refractivity contribution < 1.29 is 31.4 Å². The maximum atomic E-state index is 14.5. The average Bonchev–Trinajstić information content (AvgIpc) is 3.11. The summed E-state index contributed by atoms with van der Waals surface area (Å²) in [4.78, 5) is 17.2. The largest absolute Gasteiger partial charge is 0.416 e. The van der Waals surface area contributed by atoms with E-state index in [1.807, 2.05) is 33.7 Å². The van der Waals surface area contributed by atoms with Gasteiger partial charge in [0, 0.05) is 36.8 Å². The maximum Gasteiger partial charge on any atom is 0.416 e. The van der Waals surface area contributed by atoms with Gasteiger partial charge in [0.2, 0.25) is 0 Å². The van der Waals surface area contributed by atoms with Gasteiger partial charge >= 0.3 is 6.18 Å². The van der Waals surface area contributed by atoms with Crippen LogP contribution in [-0.4, -0.2) is 51.9 Å². The molecule has 5 aromatic rings. The van der Waals surface area contributed by atoms with Gasteiger partial charge in [0.1, 0.15) is 6.23 Å². The average molecular weight is 696 g/mol. The molecule has 0 saturated carbocycles. The predicted octanol–water partition coefficient (Wildman–Crippen LogP) is 8.05. The molecule has 0 fully saturated rings. The number of para-hydroxylation sites is 1. The fourth-order valence-corrected chi connectivity index (χ4v) is 6.13. The number of hydrogen-bond donors (Lipinski definition) is 1. The molecule has 0 spiro atoms. The summed E-state index contributed by atoms with van der Waals surface area (Å²) in [7, 11) is 0. The molecule has 11 heteroatoms. The monoisotopic (exact) mass is 695 g/mol. The summed E-state index contributed by atoms with van der Waals surface area (Å²) >= 11 is 0. The lowest BCUT2D eigenvalue weighted by Crippen LogP contribution is -2.43. The van der Waals surface area contributed by atoms with Crippen LogP contribution in [0.1, 0.15) is 36.2 Å². The highest BCUT2D eigenvalue weighted by molar-refractivity contribution is 5.79. The number of aliphatic hydroxyl groups is 1. The second-order valence-electron chi connectivity index (χ2n) is 12.2. The molecule has 1 atom stereocenters. The standard InChI is InChI=1S/C39H39F6N3O2/c1-3-46(4-2)21-22-47(24-26-9-11-27(12-10-26)28-13-17-30(18-14-28)39(43,44)45)36(50)25-48-31(23-35(49)32-7-5-6-8-34(32)48)19-15-29-16-20-33(40)38(42)37(29)41/h5-14,16-18,20,23,36,50H,3-4,15,19,21-22,24-25H2,1-2H3. The molecule has 0 bridgehead atoms. The fourth-order valence-electron chi connectivity index (χ4n) is 6.13. The van der Waals surface area contributed by atoms with E-state index in [4.69, 9.17) is 0 Å². The molecular weight excluding hydrogens is 656 g/mol. The molecule has 0 aliphatic carbocycles. The minimum atomic E-state index is -4.42. The van der Waals surface area contributed by atoms with E-state index in [1.165, 1.54) is 24.3 Å². The molecule has 0 aliphatic heterocycles. The van der Waals surface area contributed by atoms with Crippen molar-refractivity contribution in [2.24, 2.45) is 0 Å². The number of hydrogen-bond acceptors (Lipinski definition) is 4. The molecular formula is C39H39F6N3O2. The van der Waals surface area contributed by atoms with Crippen molar-refractivity contribution in [1.29, 1.82) is 0 Å². The van der Waals surface area contributed by atoms with Crippen molar-refractivity contribution in [3.63, 3.8) is 0 Å². The van der Waals surface area contributed by atoms with Crippen LogP contribution in [0.4, 0.5) is 26.3 Å². The molecule has 264 valence electrons. The van der Waals surface area contributed by atoms with Crippen molar-refractivity contribution in [3.05, 3.63) is 141 Å². The molecule has 1 aromatic heterocycles. The third kappa shape index (κ3) is 8.64. The van der Waals surface area contributed by atoms with Gasteiger partial charge in [-0.05, 0) is 78.5 Å². The van der Waals surface area contributed by atoms with Crippen molar-refractivity contribution in [2.45, 2.75) is 52.2 Å². The maximum absolute atomic E-state index is 14.5. The summed E-state index contributed by atoms with van der Waals surface area (Å²) in [6, 6.07) is 22.9. The Kier molecular flexibility index (Phi) is 11.8. The van der Waals surface area contributed by atoms with Crippen LogP contribution in [0.2, 0.25) is 0 Å². The van der Waals surface area contributed by atoms with Gasteiger partial charge in [0.25, 0.3) is 0 Å². The summed E-state index contributed by atoms with van der Waals surface area (Å²) in [5.41, 5.74) is 2.34. The molecule has 4 aromatic carbocycles. The molecule has 1 heterocycles. The van der Waals surface area contributed by atoms with Crippen LogP contribution in [0.15, 0.2) is 95.8 Å². The summed E-state index contributed by atoms with van der Waals surface area (Å²) in [5, 5.41) is 12.3. The molecule has 5 nitrogen and oxygen atoms in total. The zero-order chi connectivity index (χ0) is 36.0. The third-order valence-corrected chi connectivity index (χ3v) is 9.12. The van der Waals surface area contributed by atoms with Gasteiger partial charge in [-0.2, -0.15) is 13.2 Å². The minimum absolute atomic E-state index is 0.00609. The zero-order valence-corrected chi connectivity index (χ0v) is 27.9. The van der Waals surface area contributed by atoms with E-state index < -0.39 is 35.4 Å². The number of pyridine rings is 1. The lowest BCUT2D eigenvalue weighted by atomic mass is 10.0. The minimum Gasteiger partial charge on any atom is -0.376 e. The summed E-state index contributed by atoms with van der Waals surface area (Å²) in [6.07, 6.45) is -5.34. The highest BCUT2D eigenvalue weighted by Gasteiger charge is 2.30. The van der Waals surface area contributed by atoms with Crippen molar-refractivity contribution >= 4 is 10.9 Å². The van der Waals surface area contributed by atoms with E-state index in [0.29, 0.717) is 41.8 Å². The van der Waals surface area contributed by atoms with Crippen LogP contribution in [0, 0.1) is 17.5 Å². The van der Waals surface area contributed by atoms with Crippen LogP contribution in [-0.2, 0) is 32.1 Å². The quantitative estimate of drug-likeness (QED) is 0.0726. The number of fused-ring (bicyclic) bond motifs is 1. The predicted molar refractivity (Wildman–Crippen MR) is 183 cm³/mol. The number of aliphatic hydroxyl groups excluding tert-OH is 1. The third-order valence-electron chi connectivity index (χ3n) is 9.12. The van der Waals surface area contributed by atoms with Crippen molar-refractivity contribution in [2.75, 3.05) is 26.2 Å². The van der Waals surface area contributed by atoms with Crippen LogP contribution in [0.5, 0.6) is 0 Å². The van der Waals surface area contributed by atoms with Gasteiger partial charge in [-0.3, -0.25) is 9.69 Å². The Labute approximate surface area is 287 Å². The lowest BCUT2D eigenvalue weighted by molar-refractivity contribution is -0.137. The van der Waals surface area contributed by atoms with Crippen LogP contribution < -0.4 is 5.43 Å². The highest BCUT2D eigenvalue weighted by atomic mass is 19.4. The Bertz CT molecular complexity index is 1960. The molecule has 1 unspecified atom stereocenters. The summed E-state index contributed by atoms with van der Waals surface area (Å²) in [6.45, 7) is 7.31. The van der Waals surface area contributed by atoms with E-state index >= 15 is 0 Å². The van der Waals surface area contributed by atoms with Crippen LogP contribution in [0.3, 0.4) is 0 Å². The van der Waals surface area contributed by atoms with Gasteiger partial charge in [-0.1, -0.05) is 68.4 Å².